The van der Waals surface area contributed by atoms with Crippen LogP contribution in [0.5, 0.6) is 5.75 Å². The third-order valence-corrected chi connectivity index (χ3v) is 2.81. The summed E-state index contributed by atoms with van der Waals surface area (Å²) < 4.78 is 7.51. The minimum Gasteiger partial charge on any atom is -0.494 e. The van der Waals surface area contributed by atoms with Crippen LogP contribution in [0, 0.1) is 0 Å². The monoisotopic (exact) mass is 246 g/mol. The average Bonchev–Trinajstić information content (AvgIpc) is 2.78. The lowest BCUT2D eigenvalue weighted by Gasteiger charge is -2.06. The van der Waals surface area contributed by atoms with Gasteiger partial charge < -0.3 is 14.6 Å². The van der Waals surface area contributed by atoms with Crippen molar-refractivity contribution in [2.45, 2.75) is 19.9 Å². The zero-order valence-corrected chi connectivity index (χ0v) is 10.8. The number of hydrogen-bond acceptors (Lipinski definition) is 2. The fourth-order valence-corrected chi connectivity index (χ4v) is 1.86. The Balaban J connectivity index is 2.23. The number of nitrogens with one attached hydrogen (secondary N) is 1. The van der Waals surface area contributed by atoms with Crippen LogP contribution in [0.15, 0.2) is 30.5 Å². The largest absolute Gasteiger partial charge is 0.494 e. The number of nitrogens with zero attached hydrogens (tertiary/aromatic N) is 1. The topological polar surface area (TPSA) is 43.3 Å². The molecule has 4 nitrogen and oxygen atoms in total. The summed E-state index contributed by atoms with van der Waals surface area (Å²) in [6, 6.07) is 7.93. The normalized spacial score (nSPS) is 10.6. The molecule has 0 unspecified atom stereocenters. The molecular weight excluding hydrogens is 228 g/mol. The van der Waals surface area contributed by atoms with Crippen LogP contribution in [0.3, 0.4) is 0 Å². The van der Waals surface area contributed by atoms with E-state index < -0.39 is 0 Å². The van der Waals surface area contributed by atoms with Crippen LogP contribution in [-0.4, -0.2) is 24.1 Å². The lowest BCUT2D eigenvalue weighted by atomic mass is 10.2. The summed E-state index contributed by atoms with van der Waals surface area (Å²) in [6.45, 7) is 3.15. The molecule has 0 saturated heterocycles. The van der Waals surface area contributed by atoms with Gasteiger partial charge in [0.15, 0.2) is 0 Å². The summed E-state index contributed by atoms with van der Waals surface area (Å²) in [4.78, 5) is 11.4. The number of hydrogen-bond donors (Lipinski definition) is 1. The van der Waals surface area contributed by atoms with E-state index in [-0.39, 0.29) is 5.91 Å². The molecule has 0 fully saturated rings. The number of rotatable bonds is 5. The minimum atomic E-state index is -0.00110. The van der Waals surface area contributed by atoms with Gasteiger partial charge in [0, 0.05) is 24.1 Å². The van der Waals surface area contributed by atoms with Gasteiger partial charge in [-0.25, -0.2) is 0 Å². The van der Waals surface area contributed by atoms with Crippen molar-refractivity contribution in [1.82, 2.24) is 9.88 Å². The van der Waals surface area contributed by atoms with E-state index in [9.17, 15) is 4.79 Å². The van der Waals surface area contributed by atoms with Crippen LogP contribution in [0.2, 0.25) is 0 Å². The highest BCUT2D eigenvalue weighted by molar-refractivity contribution is 5.84. The van der Waals surface area contributed by atoms with Gasteiger partial charge in [-0.3, -0.25) is 4.79 Å². The van der Waals surface area contributed by atoms with Gasteiger partial charge in [0.25, 0.3) is 0 Å². The van der Waals surface area contributed by atoms with Crippen molar-refractivity contribution < 1.29 is 9.53 Å². The third-order valence-electron chi connectivity index (χ3n) is 2.81. The van der Waals surface area contributed by atoms with Gasteiger partial charge in [0.1, 0.15) is 12.3 Å². The number of carbonyl (C=O) groups excluding carboxylic acids is 1. The first kappa shape index (κ1) is 12.5. The molecule has 96 valence electrons. The van der Waals surface area contributed by atoms with Crippen LogP contribution in [0.4, 0.5) is 0 Å². The Kier molecular flexibility index (Phi) is 3.87. The molecule has 0 bridgehead atoms. The molecule has 18 heavy (non-hydrogen) atoms. The molecular formula is C14H18N2O2. The van der Waals surface area contributed by atoms with Crippen LogP contribution < -0.4 is 10.1 Å². The number of fused-ring (bicyclic) bond motifs is 1. The Labute approximate surface area is 107 Å². The van der Waals surface area contributed by atoms with Crippen LogP contribution in [0.1, 0.15) is 13.3 Å². The van der Waals surface area contributed by atoms with Crippen molar-refractivity contribution in [3.05, 3.63) is 30.5 Å². The molecule has 0 aliphatic rings. The Morgan fingerprint density at radius 3 is 2.94 bits per heavy atom. The van der Waals surface area contributed by atoms with Gasteiger partial charge in [-0.05, 0) is 30.7 Å². The maximum absolute atomic E-state index is 11.4. The van der Waals surface area contributed by atoms with E-state index in [1.165, 1.54) is 0 Å². The highest BCUT2D eigenvalue weighted by atomic mass is 16.5. The third kappa shape index (κ3) is 2.64. The minimum absolute atomic E-state index is 0.00110. The van der Waals surface area contributed by atoms with E-state index in [4.69, 9.17) is 4.74 Å². The maximum atomic E-state index is 11.4. The molecule has 1 heterocycles. The fraction of sp³-hybridized carbons (Fsp3) is 0.357. The van der Waals surface area contributed by atoms with E-state index >= 15 is 0 Å². The van der Waals surface area contributed by atoms with E-state index in [2.05, 4.69) is 12.2 Å². The van der Waals surface area contributed by atoms with E-state index in [0.717, 1.165) is 29.7 Å². The molecule has 1 amide bonds. The van der Waals surface area contributed by atoms with Gasteiger partial charge in [-0.1, -0.05) is 6.92 Å². The van der Waals surface area contributed by atoms with Crippen molar-refractivity contribution in [2.75, 3.05) is 13.7 Å². The Morgan fingerprint density at radius 2 is 2.22 bits per heavy atom. The zero-order chi connectivity index (χ0) is 13.0. The summed E-state index contributed by atoms with van der Waals surface area (Å²) in [5.41, 5.74) is 1.04. The molecule has 2 aromatic rings. The number of benzene rings is 1. The summed E-state index contributed by atoms with van der Waals surface area (Å²) >= 11 is 0. The Morgan fingerprint density at radius 1 is 1.39 bits per heavy atom. The highest BCUT2D eigenvalue weighted by Crippen LogP contribution is 2.22. The van der Waals surface area contributed by atoms with Crippen molar-refractivity contribution in [1.29, 1.82) is 0 Å². The van der Waals surface area contributed by atoms with Crippen molar-refractivity contribution in [3.63, 3.8) is 0 Å². The molecule has 0 radical (unpaired) electrons. The first-order chi connectivity index (χ1) is 8.74. The van der Waals surface area contributed by atoms with Crippen molar-refractivity contribution in [2.24, 2.45) is 0 Å². The van der Waals surface area contributed by atoms with E-state index in [1.807, 2.05) is 35.0 Å². The number of amides is 1. The number of likely N-dealkylation sites (N-methyl/N-ethyl adjacent to an activating group) is 1. The molecule has 1 N–H and O–H groups in total. The maximum Gasteiger partial charge on any atom is 0.239 e. The fourth-order valence-electron chi connectivity index (χ4n) is 1.86. The Bertz CT molecular complexity index is 546. The molecule has 0 saturated carbocycles. The quantitative estimate of drug-likeness (QED) is 0.878. The summed E-state index contributed by atoms with van der Waals surface area (Å²) in [6.07, 6.45) is 2.92. The highest BCUT2D eigenvalue weighted by Gasteiger charge is 2.05. The molecule has 1 aromatic carbocycles. The van der Waals surface area contributed by atoms with Crippen LogP contribution in [0.25, 0.3) is 10.9 Å². The molecule has 4 heteroatoms. The van der Waals surface area contributed by atoms with Gasteiger partial charge in [-0.2, -0.15) is 0 Å². The van der Waals surface area contributed by atoms with Gasteiger partial charge >= 0.3 is 0 Å². The van der Waals surface area contributed by atoms with Crippen molar-refractivity contribution in [3.8, 4) is 5.75 Å². The molecule has 2 rings (SSSR count). The second-order valence-corrected chi connectivity index (χ2v) is 4.19. The van der Waals surface area contributed by atoms with Gasteiger partial charge in [0.05, 0.1) is 6.61 Å². The van der Waals surface area contributed by atoms with Gasteiger partial charge in [-0.15, -0.1) is 0 Å². The lowest BCUT2D eigenvalue weighted by Crippen LogP contribution is -2.22. The summed E-state index contributed by atoms with van der Waals surface area (Å²) in [5, 5.41) is 3.71. The van der Waals surface area contributed by atoms with Crippen molar-refractivity contribution >= 4 is 16.8 Å². The second-order valence-electron chi connectivity index (χ2n) is 4.19. The SMILES string of the molecule is CCCOc1ccc2c(ccn2CC(=O)NC)c1. The summed E-state index contributed by atoms with van der Waals surface area (Å²) in [5.74, 6) is 0.876. The van der Waals surface area contributed by atoms with E-state index in [1.54, 1.807) is 7.05 Å². The smallest absolute Gasteiger partial charge is 0.239 e. The first-order valence-corrected chi connectivity index (χ1v) is 6.17. The zero-order valence-electron chi connectivity index (χ0n) is 10.8. The van der Waals surface area contributed by atoms with Gasteiger partial charge in [0.2, 0.25) is 5.91 Å². The predicted octanol–water partition coefficient (Wildman–Crippen LogP) is 2.18. The molecule has 0 spiro atoms. The lowest BCUT2D eigenvalue weighted by molar-refractivity contribution is -0.121. The Hall–Kier alpha value is -1.97. The number of ether oxygens (including phenoxy) is 1. The van der Waals surface area contributed by atoms with E-state index in [0.29, 0.717) is 6.54 Å². The molecule has 0 aliphatic carbocycles. The number of aromatic nitrogens is 1. The standard InChI is InChI=1S/C14H18N2O2/c1-3-8-18-12-4-5-13-11(9-12)6-7-16(13)10-14(17)15-2/h4-7,9H,3,8,10H2,1-2H3,(H,15,17). The summed E-state index contributed by atoms with van der Waals surface area (Å²) in [7, 11) is 1.64. The van der Waals surface area contributed by atoms with Crippen LogP contribution in [-0.2, 0) is 11.3 Å². The number of carbonyl (C=O) groups is 1. The second kappa shape index (κ2) is 5.58. The average molecular weight is 246 g/mol. The molecule has 0 aliphatic heterocycles. The predicted molar refractivity (Wildman–Crippen MR) is 71.8 cm³/mol. The first-order valence-electron chi connectivity index (χ1n) is 6.17. The van der Waals surface area contributed by atoms with Crippen LogP contribution >= 0.6 is 0 Å². The molecule has 0 atom stereocenters. The molecule has 1 aromatic heterocycles.